The van der Waals surface area contributed by atoms with Crippen molar-refractivity contribution in [3.8, 4) is 0 Å². The predicted octanol–water partition coefficient (Wildman–Crippen LogP) is 4.16. The van der Waals surface area contributed by atoms with E-state index in [1.54, 1.807) is 6.07 Å². The van der Waals surface area contributed by atoms with Gasteiger partial charge in [0.15, 0.2) is 0 Å². The van der Waals surface area contributed by atoms with E-state index in [2.05, 4.69) is 0 Å². The lowest BCUT2D eigenvalue weighted by Crippen LogP contribution is -2.24. The zero-order valence-electron chi connectivity index (χ0n) is 11.3. The van der Waals surface area contributed by atoms with Gasteiger partial charge < -0.3 is 5.11 Å². The molecule has 0 amide bonds. The van der Waals surface area contributed by atoms with Crippen LogP contribution in [0, 0.1) is 0 Å². The summed E-state index contributed by atoms with van der Waals surface area (Å²) in [7, 11) is 1.95. The molecule has 0 saturated carbocycles. The minimum absolute atomic E-state index is 0.515. The van der Waals surface area contributed by atoms with Crippen molar-refractivity contribution in [2.75, 3.05) is 13.6 Å². The Labute approximate surface area is 129 Å². The zero-order valence-corrected chi connectivity index (χ0v) is 12.8. The first-order chi connectivity index (χ1) is 9.58. The van der Waals surface area contributed by atoms with Crippen molar-refractivity contribution in [3.05, 3.63) is 69.7 Å². The van der Waals surface area contributed by atoms with E-state index in [0.717, 1.165) is 11.1 Å². The van der Waals surface area contributed by atoms with Gasteiger partial charge in [0.05, 0.1) is 16.1 Å². The van der Waals surface area contributed by atoms with Gasteiger partial charge in [0.1, 0.15) is 0 Å². The Morgan fingerprint density at radius 2 is 1.75 bits per heavy atom. The van der Waals surface area contributed by atoms with Gasteiger partial charge in [-0.05, 0) is 24.2 Å². The van der Waals surface area contributed by atoms with Gasteiger partial charge in [-0.15, -0.1) is 0 Å². The first-order valence-corrected chi connectivity index (χ1v) is 7.18. The zero-order chi connectivity index (χ0) is 14.5. The Hall–Kier alpha value is -1.06. The smallest absolute Gasteiger partial charge is 0.0916 e. The highest BCUT2D eigenvalue weighted by Crippen LogP contribution is 2.26. The van der Waals surface area contributed by atoms with Crippen LogP contribution in [0.15, 0.2) is 48.5 Å². The van der Waals surface area contributed by atoms with Crippen LogP contribution in [0.3, 0.4) is 0 Å². The largest absolute Gasteiger partial charge is 0.387 e. The van der Waals surface area contributed by atoms with Gasteiger partial charge in [0, 0.05) is 13.1 Å². The van der Waals surface area contributed by atoms with Crippen molar-refractivity contribution in [2.24, 2.45) is 0 Å². The number of aliphatic hydroxyl groups excluding tert-OH is 1. The molecule has 0 fully saturated rings. The monoisotopic (exact) mass is 309 g/mol. The number of rotatable bonds is 5. The maximum absolute atomic E-state index is 10.2. The van der Waals surface area contributed by atoms with Crippen LogP contribution in [0.25, 0.3) is 0 Å². The molecule has 1 unspecified atom stereocenters. The van der Waals surface area contributed by atoms with Crippen molar-refractivity contribution in [1.82, 2.24) is 4.90 Å². The minimum atomic E-state index is -0.515. The van der Waals surface area contributed by atoms with E-state index in [0.29, 0.717) is 23.1 Å². The van der Waals surface area contributed by atoms with Crippen LogP contribution >= 0.6 is 23.2 Å². The molecule has 0 bridgehead atoms. The SMILES string of the molecule is CN(Cc1cccc(Cl)c1Cl)CC(O)c1ccccc1. The third kappa shape index (κ3) is 3.97. The molecule has 0 aliphatic heterocycles. The standard InChI is InChI=1S/C16H17Cl2NO/c1-19(10-13-8-5-9-14(17)16(13)18)11-15(20)12-6-3-2-4-7-12/h2-9,15,20H,10-11H2,1H3. The fourth-order valence-corrected chi connectivity index (χ4v) is 2.48. The summed E-state index contributed by atoms with van der Waals surface area (Å²) >= 11 is 12.2. The lowest BCUT2D eigenvalue weighted by Gasteiger charge is -2.21. The quantitative estimate of drug-likeness (QED) is 0.896. The Morgan fingerprint density at radius 1 is 1.05 bits per heavy atom. The minimum Gasteiger partial charge on any atom is -0.387 e. The second kappa shape index (κ2) is 7.09. The van der Waals surface area contributed by atoms with Crippen LogP contribution in [0.4, 0.5) is 0 Å². The summed E-state index contributed by atoms with van der Waals surface area (Å²) in [5.41, 5.74) is 1.87. The summed E-state index contributed by atoms with van der Waals surface area (Å²) in [5.74, 6) is 0. The summed E-state index contributed by atoms with van der Waals surface area (Å²) < 4.78 is 0. The molecular formula is C16H17Cl2NO. The Morgan fingerprint density at radius 3 is 2.45 bits per heavy atom. The summed E-state index contributed by atoms with van der Waals surface area (Å²) in [5, 5.41) is 11.3. The fourth-order valence-electron chi connectivity index (χ4n) is 2.10. The number of benzene rings is 2. The molecule has 1 N–H and O–H groups in total. The summed E-state index contributed by atoms with van der Waals surface area (Å²) in [6.45, 7) is 1.18. The normalized spacial score (nSPS) is 12.7. The van der Waals surface area contributed by atoms with E-state index in [4.69, 9.17) is 23.2 Å². The average molecular weight is 310 g/mol. The molecule has 0 radical (unpaired) electrons. The predicted molar refractivity (Wildman–Crippen MR) is 84.2 cm³/mol. The summed E-state index contributed by atoms with van der Waals surface area (Å²) in [4.78, 5) is 2.02. The van der Waals surface area contributed by atoms with Crippen molar-refractivity contribution >= 4 is 23.2 Å². The van der Waals surface area contributed by atoms with Gasteiger partial charge in [0.25, 0.3) is 0 Å². The number of likely N-dealkylation sites (N-methyl/N-ethyl adjacent to an activating group) is 1. The molecule has 4 heteroatoms. The first-order valence-electron chi connectivity index (χ1n) is 6.42. The molecule has 0 heterocycles. The molecular weight excluding hydrogens is 293 g/mol. The van der Waals surface area contributed by atoms with E-state index < -0.39 is 6.10 Å². The van der Waals surface area contributed by atoms with Crippen LogP contribution in [0.2, 0.25) is 10.0 Å². The lowest BCUT2D eigenvalue weighted by molar-refractivity contribution is 0.124. The van der Waals surface area contributed by atoms with Gasteiger partial charge in [0.2, 0.25) is 0 Å². The first kappa shape index (κ1) is 15.3. The molecule has 20 heavy (non-hydrogen) atoms. The molecule has 0 aliphatic carbocycles. The van der Waals surface area contributed by atoms with E-state index in [-0.39, 0.29) is 0 Å². The van der Waals surface area contributed by atoms with E-state index >= 15 is 0 Å². The number of nitrogens with zero attached hydrogens (tertiary/aromatic N) is 1. The number of hydrogen-bond donors (Lipinski definition) is 1. The molecule has 0 spiro atoms. The molecule has 0 aromatic heterocycles. The Bertz CT molecular complexity index is 560. The molecule has 1 atom stereocenters. The van der Waals surface area contributed by atoms with Crippen LogP contribution in [-0.2, 0) is 6.54 Å². The average Bonchev–Trinajstić information content (AvgIpc) is 2.45. The van der Waals surface area contributed by atoms with Crippen LogP contribution < -0.4 is 0 Å². The van der Waals surface area contributed by atoms with Crippen LogP contribution in [0.5, 0.6) is 0 Å². The number of hydrogen-bond acceptors (Lipinski definition) is 2. The van der Waals surface area contributed by atoms with Gasteiger partial charge in [-0.2, -0.15) is 0 Å². The lowest BCUT2D eigenvalue weighted by atomic mass is 10.1. The second-order valence-electron chi connectivity index (χ2n) is 4.84. The summed E-state index contributed by atoms with van der Waals surface area (Å²) in [6.07, 6.45) is -0.515. The number of halogens is 2. The van der Waals surface area contributed by atoms with E-state index in [1.165, 1.54) is 0 Å². The topological polar surface area (TPSA) is 23.5 Å². The molecule has 0 aliphatic rings. The van der Waals surface area contributed by atoms with Crippen molar-refractivity contribution in [3.63, 3.8) is 0 Å². The maximum Gasteiger partial charge on any atom is 0.0916 e. The third-order valence-corrected chi connectivity index (χ3v) is 4.00. The van der Waals surface area contributed by atoms with Gasteiger partial charge in [-0.25, -0.2) is 0 Å². The maximum atomic E-state index is 10.2. The molecule has 2 aromatic rings. The van der Waals surface area contributed by atoms with E-state index in [1.807, 2.05) is 54.4 Å². The highest BCUT2D eigenvalue weighted by Gasteiger charge is 2.12. The molecule has 0 saturated heterocycles. The van der Waals surface area contributed by atoms with Gasteiger partial charge >= 0.3 is 0 Å². The van der Waals surface area contributed by atoms with Crippen molar-refractivity contribution in [2.45, 2.75) is 12.6 Å². The van der Waals surface area contributed by atoms with Gasteiger partial charge in [-0.1, -0.05) is 65.7 Å². The van der Waals surface area contributed by atoms with Crippen molar-refractivity contribution < 1.29 is 5.11 Å². The Kier molecular flexibility index (Phi) is 5.44. The van der Waals surface area contributed by atoms with E-state index in [9.17, 15) is 5.11 Å². The summed E-state index contributed by atoms with van der Waals surface area (Å²) in [6, 6.07) is 15.2. The second-order valence-corrected chi connectivity index (χ2v) is 5.62. The highest BCUT2D eigenvalue weighted by molar-refractivity contribution is 6.42. The number of aliphatic hydroxyl groups is 1. The third-order valence-electron chi connectivity index (χ3n) is 3.14. The Balaban J connectivity index is 1.99. The molecule has 106 valence electrons. The van der Waals surface area contributed by atoms with Crippen LogP contribution in [0.1, 0.15) is 17.2 Å². The molecule has 2 nitrogen and oxygen atoms in total. The van der Waals surface area contributed by atoms with Gasteiger partial charge in [-0.3, -0.25) is 4.90 Å². The molecule has 2 aromatic carbocycles. The highest BCUT2D eigenvalue weighted by atomic mass is 35.5. The fraction of sp³-hybridized carbons (Fsp3) is 0.250. The van der Waals surface area contributed by atoms with Crippen LogP contribution in [-0.4, -0.2) is 23.6 Å². The molecule has 2 rings (SSSR count). The van der Waals surface area contributed by atoms with Crippen molar-refractivity contribution in [1.29, 1.82) is 0 Å².